The van der Waals surface area contributed by atoms with Gasteiger partial charge < -0.3 is 5.32 Å². The molecule has 1 aromatic heterocycles. The summed E-state index contributed by atoms with van der Waals surface area (Å²) in [6.07, 6.45) is 3.34. The van der Waals surface area contributed by atoms with Gasteiger partial charge in [0.25, 0.3) is 0 Å². The molecule has 0 radical (unpaired) electrons. The van der Waals surface area contributed by atoms with Gasteiger partial charge in [0.2, 0.25) is 0 Å². The Kier molecular flexibility index (Phi) is 4.14. The van der Waals surface area contributed by atoms with Crippen molar-refractivity contribution in [3.8, 4) is 0 Å². The van der Waals surface area contributed by atoms with Gasteiger partial charge >= 0.3 is 0 Å². The number of nitrogens with one attached hydrogen (secondary N) is 1. The molecule has 2 nitrogen and oxygen atoms in total. The van der Waals surface area contributed by atoms with Crippen LogP contribution in [0.3, 0.4) is 0 Å². The summed E-state index contributed by atoms with van der Waals surface area (Å²) < 4.78 is 0. The minimum Gasteiger partial charge on any atom is -0.370 e. The van der Waals surface area contributed by atoms with Crippen molar-refractivity contribution in [3.63, 3.8) is 0 Å². The van der Waals surface area contributed by atoms with E-state index in [4.69, 9.17) is 0 Å². The number of hydrogen-bond donors (Lipinski definition) is 1. The van der Waals surface area contributed by atoms with E-state index in [9.17, 15) is 0 Å². The number of aryl methyl sites for hydroxylation is 1. The van der Waals surface area contributed by atoms with Crippen molar-refractivity contribution in [1.29, 1.82) is 0 Å². The van der Waals surface area contributed by atoms with Gasteiger partial charge in [0.1, 0.15) is 5.82 Å². The van der Waals surface area contributed by atoms with Crippen LogP contribution in [0.25, 0.3) is 0 Å². The van der Waals surface area contributed by atoms with Crippen LogP contribution in [-0.2, 0) is 12.6 Å². The normalized spacial score (nSPS) is 13.9. The second-order valence-corrected chi connectivity index (χ2v) is 3.45. The zero-order valence-corrected chi connectivity index (χ0v) is 10.3. The van der Waals surface area contributed by atoms with Crippen LogP contribution in [0.2, 0.25) is 0 Å². The highest BCUT2D eigenvalue weighted by Gasteiger charge is 2.08. The molecule has 1 atom stereocenters. The molecule has 0 fully saturated rings. The lowest BCUT2D eigenvalue weighted by atomic mass is 10.1. The predicted molar refractivity (Wildman–Crippen MR) is 64.8 cm³/mol. The second-order valence-electron chi connectivity index (χ2n) is 3.04. The smallest absolute Gasteiger partial charge is 0.129 e. The fourth-order valence-corrected chi connectivity index (χ4v) is 1.71. The van der Waals surface area contributed by atoms with Gasteiger partial charge in [-0.05, 0) is 24.5 Å². The van der Waals surface area contributed by atoms with Crippen LogP contribution < -0.4 is 5.32 Å². The first-order valence-corrected chi connectivity index (χ1v) is 5.14. The Bertz CT molecular complexity index is 291. The fraction of sp³-hybridized carbons (Fsp3) is 0.444. The number of fused-ring (bicyclic) bond motifs is 1. The highest BCUT2D eigenvalue weighted by Crippen LogP contribution is 2.20. The number of halogens is 1. The first-order chi connectivity index (χ1) is 5.90. The SMILES string of the molecule is Br.PCc1ccc2c(n1)NCCC2. The molecular formula is C9H14BrN2P. The number of hydrogen-bond acceptors (Lipinski definition) is 2. The molecule has 1 N–H and O–H groups in total. The summed E-state index contributed by atoms with van der Waals surface area (Å²) in [5.74, 6) is 1.10. The Labute approximate surface area is 91.5 Å². The van der Waals surface area contributed by atoms with Gasteiger partial charge in [0.15, 0.2) is 0 Å². The fourth-order valence-electron chi connectivity index (χ4n) is 1.48. The molecule has 13 heavy (non-hydrogen) atoms. The largest absolute Gasteiger partial charge is 0.370 e. The van der Waals surface area contributed by atoms with E-state index in [0.29, 0.717) is 0 Å². The molecule has 4 heteroatoms. The topological polar surface area (TPSA) is 24.9 Å². The summed E-state index contributed by atoms with van der Waals surface area (Å²) in [6.45, 7) is 1.07. The predicted octanol–water partition coefficient (Wildman–Crippen LogP) is 2.39. The van der Waals surface area contributed by atoms with Gasteiger partial charge in [0, 0.05) is 18.4 Å². The van der Waals surface area contributed by atoms with Crippen molar-refractivity contribution in [1.82, 2.24) is 4.98 Å². The Morgan fingerprint density at radius 3 is 3.08 bits per heavy atom. The number of anilines is 1. The molecule has 2 heterocycles. The van der Waals surface area contributed by atoms with Gasteiger partial charge in [-0.3, -0.25) is 0 Å². The van der Waals surface area contributed by atoms with Crippen LogP contribution in [0.4, 0.5) is 5.82 Å². The number of aromatic nitrogens is 1. The molecule has 72 valence electrons. The van der Waals surface area contributed by atoms with E-state index < -0.39 is 0 Å². The van der Waals surface area contributed by atoms with Crippen LogP contribution in [-0.4, -0.2) is 11.5 Å². The first kappa shape index (κ1) is 10.9. The van der Waals surface area contributed by atoms with Crippen molar-refractivity contribution >= 4 is 32.0 Å². The monoisotopic (exact) mass is 260 g/mol. The van der Waals surface area contributed by atoms with Crippen molar-refractivity contribution in [2.75, 3.05) is 11.9 Å². The quantitative estimate of drug-likeness (QED) is 0.785. The maximum absolute atomic E-state index is 4.50. The molecule has 1 aliphatic rings. The van der Waals surface area contributed by atoms with E-state index in [1.54, 1.807) is 0 Å². The summed E-state index contributed by atoms with van der Waals surface area (Å²) in [5, 5.41) is 3.32. The Morgan fingerprint density at radius 2 is 2.31 bits per heavy atom. The molecule has 0 aromatic carbocycles. The first-order valence-electron chi connectivity index (χ1n) is 4.33. The molecule has 0 aliphatic carbocycles. The number of rotatable bonds is 1. The van der Waals surface area contributed by atoms with Gasteiger partial charge in [0.05, 0.1) is 0 Å². The van der Waals surface area contributed by atoms with Gasteiger partial charge in [-0.1, -0.05) is 6.07 Å². The Balaban J connectivity index is 0.000000845. The summed E-state index contributed by atoms with van der Waals surface area (Å²) in [5.41, 5.74) is 2.51. The summed E-state index contributed by atoms with van der Waals surface area (Å²) in [6, 6.07) is 4.30. The van der Waals surface area contributed by atoms with E-state index in [0.717, 1.165) is 24.2 Å². The Hall–Kier alpha value is -0.140. The zero-order valence-electron chi connectivity index (χ0n) is 7.42. The lowest BCUT2D eigenvalue weighted by Crippen LogP contribution is -2.13. The summed E-state index contributed by atoms with van der Waals surface area (Å²) in [4.78, 5) is 4.50. The average Bonchev–Trinajstić information content (AvgIpc) is 2.17. The van der Waals surface area contributed by atoms with Gasteiger partial charge in [-0.15, -0.1) is 26.2 Å². The molecular weight excluding hydrogens is 247 g/mol. The molecule has 0 bridgehead atoms. The van der Waals surface area contributed by atoms with Crippen molar-refractivity contribution in [3.05, 3.63) is 23.4 Å². The highest BCUT2D eigenvalue weighted by molar-refractivity contribution is 8.93. The third-order valence-electron chi connectivity index (χ3n) is 2.16. The van der Waals surface area contributed by atoms with Gasteiger partial charge in [-0.25, -0.2) is 4.98 Å². The zero-order chi connectivity index (χ0) is 8.39. The third-order valence-corrected chi connectivity index (χ3v) is 2.58. The van der Waals surface area contributed by atoms with Crippen LogP contribution in [0, 0.1) is 0 Å². The van der Waals surface area contributed by atoms with Crippen LogP contribution in [0.15, 0.2) is 12.1 Å². The molecule has 2 rings (SSSR count). The van der Waals surface area contributed by atoms with E-state index in [-0.39, 0.29) is 17.0 Å². The van der Waals surface area contributed by atoms with Crippen molar-refractivity contribution in [2.45, 2.75) is 19.0 Å². The van der Waals surface area contributed by atoms with E-state index >= 15 is 0 Å². The molecule has 1 aromatic rings. The lowest BCUT2D eigenvalue weighted by Gasteiger charge is -2.16. The summed E-state index contributed by atoms with van der Waals surface area (Å²) in [7, 11) is 2.70. The summed E-state index contributed by atoms with van der Waals surface area (Å²) >= 11 is 0. The lowest BCUT2D eigenvalue weighted by molar-refractivity contribution is 0.814. The molecule has 1 aliphatic heterocycles. The van der Waals surface area contributed by atoms with Crippen molar-refractivity contribution < 1.29 is 0 Å². The standard InChI is InChI=1S/C9H13N2P.BrH/c12-6-8-4-3-7-2-1-5-10-9(7)11-8;/h3-4H,1-2,5-6,12H2,(H,10,11);1H. The minimum absolute atomic E-state index is 0. The van der Waals surface area contributed by atoms with Gasteiger partial charge in [-0.2, -0.15) is 0 Å². The van der Waals surface area contributed by atoms with E-state index in [1.807, 2.05) is 0 Å². The maximum atomic E-state index is 4.50. The minimum atomic E-state index is 0. The molecule has 1 unspecified atom stereocenters. The van der Waals surface area contributed by atoms with E-state index in [1.165, 1.54) is 18.4 Å². The molecule has 0 spiro atoms. The maximum Gasteiger partial charge on any atom is 0.129 e. The van der Waals surface area contributed by atoms with E-state index in [2.05, 4.69) is 31.7 Å². The molecule has 0 saturated heterocycles. The number of pyridine rings is 1. The third kappa shape index (κ3) is 2.41. The number of nitrogens with zero attached hydrogens (tertiary/aromatic N) is 1. The Morgan fingerprint density at radius 1 is 1.46 bits per heavy atom. The average molecular weight is 261 g/mol. The van der Waals surface area contributed by atoms with Crippen LogP contribution >= 0.6 is 26.2 Å². The second kappa shape index (κ2) is 4.92. The molecule has 0 amide bonds. The van der Waals surface area contributed by atoms with Crippen LogP contribution in [0.5, 0.6) is 0 Å². The highest BCUT2D eigenvalue weighted by atomic mass is 79.9. The van der Waals surface area contributed by atoms with Crippen LogP contribution in [0.1, 0.15) is 17.7 Å². The molecule has 0 saturated carbocycles. The van der Waals surface area contributed by atoms with Crippen molar-refractivity contribution in [2.24, 2.45) is 0 Å².